The van der Waals surface area contributed by atoms with Crippen LogP contribution in [0.25, 0.3) is 0 Å². The Balaban J connectivity index is 2.65. The molecule has 0 amide bonds. The number of sulfonamides is 1. The summed E-state index contributed by atoms with van der Waals surface area (Å²) in [6, 6.07) is 5.96. The summed E-state index contributed by atoms with van der Waals surface area (Å²) in [5.74, 6) is 1.38. The standard InChI is InChI=1S/C12H15ClN2O3S2/c13-11-3-2-10(9-14)12(8-11)20(17,18)15-4-7-19-6-1-5-16/h2-3,8,15-16H,1,4-7H2. The van der Waals surface area contributed by atoms with Crippen molar-refractivity contribution in [2.75, 3.05) is 24.7 Å². The number of nitrogens with one attached hydrogen (secondary N) is 1. The Morgan fingerprint density at radius 3 is 2.80 bits per heavy atom. The van der Waals surface area contributed by atoms with Gasteiger partial charge in [-0.2, -0.15) is 17.0 Å². The van der Waals surface area contributed by atoms with Crippen LogP contribution in [0.15, 0.2) is 23.1 Å². The Morgan fingerprint density at radius 1 is 1.40 bits per heavy atom. The maximum atomic E-state index is 12.1. The molecule has 5 nitrogen and oxygen atoms in total. The summed E-state index contributed by atoms with van der Waals surface area (Å²) in [6.07, 6.45) is 0.685. The maximum absolute atomic E-state index is 12.1. The predicted molar refractivity (Wildman–Crippen MR) is 80.4 cm³/mol. The quantitative estimate of drug-likeness (QED) is 0.705. The molecule has 0 spiro atoms. The molecule has 0 radical (unpaired) electrons. The molecule has 2 N–H and O–H groups in total. The van der Waals surface area contributed by atoms with Crippen LogP contribution in [0, 0.1) is 11.3 Å². The molecule has 0 saturated heterocycles. The van der Waals surface area contributed by atoms with Gasteiger partial charge in [-0.1, -0.05) is 11.6 Å². The second kappa shape index (κ2) is 8.49. The highest BCUT2D eigenvalue weighted by Crippen LogP contribution is 2.20. The number of hydrogen-bond donors (Lipinski definition) is 2. The summed E-state index contributed by atoms with van der Waals surface area (Å²) < 4.78 is 26.6. The number of hydrogen-bond acceptors (Lipinski definition) is 5. The zero-order valence-corrected chi connectivity index (χ0v) is 13.1. The lowest BCUT2D eigenvalue weighted by Gasteiger charge is -2.08. The Labute approximate surface area is 128 Å². The topological polar surface area (TPSA) is 90.2 Å². The Kier molecular flexibility index (Phi) is 7.34. The first-order valence-corrected chi connectivity index (χ1v) is 8.91. The van der Waals surface area contributed by atoms with E-state index in [-0.39, 0.29) is 28.6 Å². The fourth-order valence-electron chi connectivity index (χ4n) is 1.41. The first-order valence-electron chi connectivity index (χ1n) is 5.89. The van der Waals surface area contributed by atoms with E-state index in [4.69, 9.17) is 22.0 Å². The van der Waals surface area contributed by atoms with Gasteiger partial charge in [-0.25, -0.2) is 13.1 Å². The third-order valence-electron chi connectivity index (χ3n) is 2.34. The first-order chi connectivity index (χ1) is 9.51. The van der Waals surface area contributed by atoms with Crippen molar-refractivity contribution < 1.29 is 13.5 Å². The van der Waals surface area contributed by atoms with E-state index in [9.17, 15) is 8.42 Å². The molecule has 0 aliphatic carbocycles. The minimum absolute atomic E-state index is 0.0647. The summed E-state index contributed by atoms with van der Waals surface area (Å²) in [4.78, 5) is -0.104. The molecule has 0 saturated carbocycles. The number of benzene rings is 1. The fraction of sp³-hybridized carbons (Fsp3) is 0.417. The fourth-order valence-corrected chi connectivity index (χ4v) is 3.77. The summed E-state index contributed by atoms with van der Waals surface area (Å²) >= 11 is 7.32. The van der Waals surface area contributed by atoms with Gasteiger partial charge in [-0.05, 0) is 30.4 Å². The van der Waals surface area contributed by atoms with Gasteiger partial charge < -0.3 is 5.11 Å². The summed E-state index contributed by atoms with van der Waals surface area (Å²) in [7, 11) is -3.74. The third kappa shape index (κ3) is 5.31. The highest BCUT2D eigenvalue weighted by Gasteiger charge is 2.18. The van der Waals surface area contributed by atoms with Crippen LogP contribution in [0.3, 0.4) is 0 Å². The Hall–Kier alpha value is -0.780. The number of thioether (sulfide) groups is 1. The van der Waals surface area contributed by atoms with Gasteiger partial charge in [0.25, 0.3) is 0 Å². The number of halogens is 1. The molecule has 0 aliphatic rings. The molecule has 20 heavy (non-hydrogen) atoms. The van der Waals surface area contributed by atoms with Gasteiger partial charge in [0.15, 0.2) is 0 Å². The van der Waals surface area contributed by atoms with E-state index in [0.29, 0.717) is 12.2 Å². The predicted octanol–water partition coefficient (Wildman–Crippen LogP) is 1.61. The van der Waals surface area contributed by atoms with Crippen LogP contribution in [0.4, 0.5) is 0 Å². The summed E-state index contributed by atoms with van der Waals surface area (Å²) in [5, 5.41) is 17.8. The van der Waals surface area contributed by atoms with Crippen molar-refractivity contribution in [3.8, 4) is 6.07 Å². The Bertz CT molecular complexity index is 585. The SMILES string of the molecule is N#Cc1ccc(Cl)cc1S(=O)(=O)NCCSCCCO. The molecule has 0 atom stereocenters. The third-order valence-corrected chi connectivity index (χ3v) is 5.15. The molecule has 110 valence electrons. The Morgan fingerprint density at radius 2 is 2.15 bits per heavy atom. The van der Waals surface area contributed by atoms with Crippen molar-refractivity contribution in [3.05, 3.63) is 28.8 Å². The second-order valence-corrected chi connectivity index (χ2v) is 7.24. The van der Waals surface area contributed by atoms with Gasteiger partial charge in [-0.3, -0.25) is 0 Å². The highest BCUT2D eigenvalue weighted by molar-refractivity contribution is 7.99. The number of nitriles is 1. The van der Waals surface area contributed by atoms with E-state index in [2.05, 4.69) is 4.72 Å². The minimum atomic E-state index is -3.74. The lowest BCUT2D eigenvalue weighted by Crippen LogP contribution is -2.26. The van der Waals surface area contributed by atoms with Gasteiger partial charge in [0.2, 0.25) is 10.0 Å². The van der Waals surface area contributed by atoms with E-state index < -0.39 is 10.0 Å². The van der Waals surface area contributed by atoms with Gasteiger partial charge in [-0.15, -0.1) is 0 Å². The summed E-state index contributed by atoms with van der Waals surface area (Å²) in [5.41, 5.74) is 0.0647. The van der Waals surface area contributed by atoms with Crippen molar-refractivity contribution in [1.82, 2.24) is 4.72 Å². The number of rotatable bonds is 8. The molecule has 1 aromatic rings. The zero-order valence-electron chi connectivity index (χ0n) is 10.7. The average Bonchev–Trinajstić information content (AvgIpc) is 2.42. The molecule has 0 heterocycles. The maximum Gasteiger partial charge on any atom is 0.241 e. The van der Waals surface area contributed by atoms with E-state index in [1.54, 1.807) is 11.8 Å². The van der Waals surface area contributed by atoms with Crippen LogP contribution < -0.4 is 4.72 Å². The van der Waals surface area contributed by atoms with Crippen LogP contribution in [0.1, 0.15) is 12.0 Å². The molecule has 8 heteroatoms. The van der Waals surface area contributed by atoms with Crippen molar-refractivity contribution in [3.63, 3.8) is 0 Å². The smallest absolute Gasteiger partial charge is 0.241 e. The normalized spacial score (nSPS) is 11.2. The van der Waals surface area contributed by atoms with Gasteiger partial charge in [0, 0.05) is 23.9 Å². The van der Waals surface area contributed by atoms with Crippen molar-refractivity contribution in [2.45, 2.75) is 11.3 Å². The summed E-state index contributed by atoms with van der Waals surface area (Å²) in [6.45, 7) is 0.391. The number of aliphatic hydroxyl groups is 1. The van der Waals surface area contributed by atoms with Crippen LogP contribution in [-0.4, -0.2) is 38.2 Å². The first kappa shape index (κ1) is 17.3. The molecular formula is C12H15ClN2O3S2. The van der Waals surface area contributed by atoms with E-state index in [1.807, 2.05) is 6.07 Å². The molecule has 0 aromatic heterocycles. The minimum Gasteiger partial charge on any atom is -0.396 e. The molecule has 0 fully saturated rings. The van der Waals surface area contributed by atoms with Crippen molar-refractivity contribution in [1.29, 1.82) is 5.26 Å². The van der Waals surface area contributed by atoms with Crippen LogP contribution in [-0.2, 0) is 10.0 Å². The average molecular weight is 335 g/mol. The molecule has 0 unspecified atom stereocenters. The van der Waals surface area contributed by atoms with E-state index in [0.717, 1.165) is 5.75 Å². The number of nitrogens with zero attached hydrogens (tertiary/aromatic N) is 1. The number of aliphatic hydroxyl groups excluding tert-OH is 1. The molecule has 1 aromatic carbocycles. The van der Waals surface area contributed by atoms with E-state index in [1.165, 1.54) is 18.2 Å². The van der Waals surface area contributed by atoms with Crippen molar-refractivity contribution in [2.24, 2.45) is 0 Å². The van der Waals surface area contributed by atoms with Crippen LogP contribution >= 0.6 is 23.4 Å². The van der Waals surface area contributed by atoms with Crippen molar-refractivity contribution >= 4 is 33.4 Å². The van der Waals surface area contributed by atoms with Crippen LogP contribution in [0.2, 0.25) is 5.02 Å². The largest absolute Gasteiger partial charge is 0.396 e. The van der Waals surface area contributed by atoms with Gasteiger partial charge in [0.05, 0.1) is 5.56 Å². The van der Waals surface area contributed by atoms with Gasteiger partial charge >= 0.3 is 0 Å². The molecule has 0 bridgehead atoms. The second-order valence-electron chi connectivity index (χ2n) is 3.84. The van der Waals surface area contributed by atoms with Crippen LogP contribution in [0.5, 0.6) is 0 Å². The highest BCUT2D eigenvalue weighted by atomic mass is 35.5. The lowest BCUT2D eigenvalue weighted by molar-refractivity contribution is 0.296. The lowest BCUT2D eigenvalue weighted by atomic mass is 10.2. The molecule has 1 rings (SSSR count). The van der Waals surface area contributed by atoms with Gasteiger partial charge in [0.1, 0.15) is 11.0 Å². The molecule has 0 aliphatic heterocycles. The van der Waals surface area contributed by atoms with E-state index >= 15 is 0 Å². The molecular weight excluding hydrogens is 320 g/mol. The monoisotopic (exact) mass is 334 g/mol. The zero-order chi connectivity index (χ0) is 15.0.